The summed E-state index contributed by atoms with van der Waals surface area (Å²) in [4.78, 5) is 7.02. The van der Waals surface area contributed by atoms with Gasteiger partial charge in [-0.2, -0.15) is 18.3 Å². The lowest BCUT2D eigenvalue weighted by Crippen LogP contribution is -2.35. The maximum Gasteiger partial charge on any atom is 0.433 e. The maximum absolute atomic E-state index is 13.0. The molecule has 1 aliphatic heterocycles. The zero-order valence-electron chi connectivity index (χ0n) is 16.2. The van der Waals surface area contributed by atoms with E-state index in [0.29, 0.717) is 23.7 Å². The Balaban J connectivity index is 1.25. The van der Waals surface area contributed by atoms with Crippen molar-refractivity contribution in [2.24, 2.45) is 11.8 Å². The van der Waals surface area contributed by atoms with Gasteiger partial charge in [0.15, 0.2) is 0 Å². The predicted molar refractivity (Wildman–Crippen MR) is 110 cm³/mol. The summed E-state index contributed by atoms with van der Waals surface area (Å²) >= 11 is 1.67. The van der Waals surface area contributed by atoms with Crippen LogP contribution in [0.15, 0.2) is 41.9 Å². The van der Waals surface area contributed by atoms with Crippen LogP contribution >= 0.6 is 11.3 Å². The average Bonchev–Trinajstić information content (AvgIpc) is 3.49. The lowest BCUT2D eigenvalue weighted by Gasteiger charge is -2.23. The number of H-pyrrole nitrogens is 1. The van der Waals surface area contributed by atoms with E-state index in [-0.39, 0.29) is 0 Å². The molecule has 2 N–H and O–H groups in total. The number of anilines is 1. The Morgan fingerprint density at radius 1 is 1.17 bits per heavy atom. The second kappa shape index (κ2) is 7.70. The number of pyridine rings is 1. The molecular formula is C21H22F3N5S. The molecule has 5 nitrogen and oxygen atoms in total. The molecule has 2 aliphatic rings. The highest BCUT2D eigenvalue weighted by Gasteiger charge is 2.43. The first kappa shape index (κ1) is 19.6. The Morgan fingerprint density at radius 2 is 2.07 bits per heavy atom. The molecule has 2 fully saturated rings. The molecular weight excluding hydrogens is 411 g/mol. The molecule has 0 amide bonds. The van der Waals surface area contributed by atoms with Crippen LogP contribution < -0.4 is 10.2 Å². The van der Waals surface area contributed by atoms with Crippen LogP contribution in [-0.4, -0.2) is 34.3 Å². The van der Waals surface area contributed by atoms with E-state index in [1.54, 1.807) is 17.4 Å². The molecule has 9 heteroatoms. The van der Waals surface area contributed by atoms with E-state index >= 15 is 0 Å². The lowest BCUT2D eigenvalue weighted by molar-refractivity contribution is -0.141. The second-order valence-corrected chi connectivity index (χ2v) is 8.96. The molecule has 0 spiro atoms. The number of rotatable bonds is 5. The Labute approximate surface area is 176 Å². The highest BCUT2D eigenvalue weighted by Crippen LogP contribution is 2.40. The van der Waals surface area contributed by atoms with Gasteiger partial charge >= 0.3 is 6.18 Å². The van der Waals surface area contributed by atoms with Crippen LogP contribution in [0.1, 0.15) is 24.1 Å². The zero-order chi connectivity index (χ0) is 20.7. The summed E-state index contributed by atoms with van der Waals surface area (Å²) in [6.07, 6.45) is -0.311. The smallest absolute Gasteiger partial charge is 0.356 e. The van der Waals surface area contributed by atoms with Crippen molar-refractivity contribution in [1.29, 1.82) is 0 Å². The summed E-state index contributed by atoms with van der Waals surface area (Å²) in [7, 11) is 0. The van der Waals surface area contributed by atoms with Crippen molar-refractivity contribution < 1.29 is 13.2 Å². The van der Waals surface area contributed by atoms with Gasteiger partial charge in [0.05, 0.1) is 4.88 Å². The Bertz CT molecular complexity index is 1000. The van der Waals surface area contributed by atoms with Gasteiger partial charge in [0.25, 0.3) is 0 Å². The molecule has 0 aromatic carbocycles. The fraction of sp³-hybridized carbons (Fsp3) is 0.429. The van der Waals surface area contributed by atoms with Crippen molar-refractivity contribution in [3.63, 3.8) is 0 Å². The molecule has 3 atom stereocenters. The van der Waals surface area contributed by atoms with Gasteiger partial charge in [-0.05, 0) is 48.3 Å². The van der Waals surface area contributed by atoms with Gasteiger partial charge in [0, 0.05) is 37.4 Å². The van der Waals surface area contributed by atoms with Gasteiger partial charge in [0.1, 0.15) is 17.2 Å². The maximum atomic E-state index is 13.0. The average molecular weight is 434 g/mol. The van der Waals surface area contributed by atoms with Crippen molar-refractivity contribution in [3.05, 3.63) is 53.2 Å². The SMILES string of the molecule is FC(F)(F)c1cccc(N2C[C@H]3CC[C@H](NCc4c[nH]nc4-c4cccs4)[C@H]3C2)n1. The number of halogens is 3. The fourth-order valence-corrected chi connectivity index (χ4v) is 5.53. The molecule has 0 radical (unpaired) electrons. The molecule has 3 aromatic heterocycles. The minimum Gasteiger partial charge on any atom is -0.356 e. The summed E-state index contributed by atoms with van der Waals surface area (Å²) in [6.45, 7) is 2.22. The van der Waals surface area contributed by atoms with Gasteiger partial charge in [-0.1, -0.05) is 12.1 Å². The van der Waals surface area contributed by atoms with Crippen LogP contribution in [0, 0.1) is 11.8 Å². The van der Waals surface area contributed by atoms with Crippen molar-refractivity contribution in [1.82, 2.24) is 20.5 Å². The summed E-state index contributed by atoms with van der Waals surface area (Å²) in [5.41, 5.74) is 1.29. The topological polar surface area (TPSA) is 56.8 Å². The second-order valence-electron chi connectivity index (χ2n) is 8.01. The quantitative estimate of drug-likeness (QED) is 0.620. The van der Waals surface area contributed by atoms with Crippen LogP contribution in [0.3, 0.4) is 0 Å². The molecule has 158 valence electrons. The van der Waals surface area contributed by atoms with E-state index in [1.165, 1.54) is 6.07 Å². The van der Waals surface area contributed by atoms with Crippen LogP contribution in [0.5, 0.6) is 0 Å². The van der Waals surface area contributed by atoms with E-state index < -0.39 is 11.9 Å². The summed E-state index contributed by atoms with van der Waals surface area (Å²) in [5, 5.41) is 13.1. The van der Waals surface area contributed by atoms with Crippen LogP contribution in [-0.2, 0) is 12.7 Å². The molecule has 5 rings (SSSR count). The number of nitrogens with one attached hydrogen (secondary N) is 2. The number of thiophene rings is 1. The molecule has 30 heavy (non-hydrogen) atoms. The van der Waals surface area contributed by atoms with Crippen molar-refractivity contribution in [3.8, 4) is 10.6 Å². The summed E-state index contributed by atoms with van der Waals surface area (Å²) < 4.78 is 39.1. The fourth-order valence-electron chi connectivity index (χ4n) is 4.78. The molecule has 1 saturated carbocycles. The molecule has 0 unspecified atom stereocenters. The monoisotopic (exact) mass is 433 g/mol. The van der Waals surface area contributed by atoms with Gasteiger partial charge in [-0.15, -0.1) is 11.3 Å². The van der Waals surface area contributed by atoms with Gasteiger partial charge in [0.2, 0.25) is 0 Å². The summed E-state index contributed by atoms with van der Waals surface area (Å²) in [6, 6.07) is 8.57. The first-order chi connectivity index (χ1) is 14.5. The van der Waals surface area contributed by atoms with Crippen molar-refractivity contribution in [2.45, 2.75) is 31.6 Å². The Kier molecular flexibility index (Phi) is 5.02. The van der Waals surface area contributed by atoms with Crippen LogP contribution in [0.2, 0.25) is 0 Å². The van der Waals surface area contributed by atoms with Gasteiger partial charge in [-0.25, -0.2) is 4.98 Å². The molecule has 3 aromatic rings. The standard InChI is InChI=1S/C21H22F3N5S/c22-21(23,24)18-4-1-5-19(27-18)29-11-13-6-7-16(15(13)12-29)25-9-14-10-26-28-20(14)17-3-2-8-30-17/h1-5,8,10,13,15-16,25H,6-7,9,11-12H2,(H,26,28)/t13-,15+,16+/m1/s1. The van der Waals surface area contributed by atoms with E-state index in [4.69, 9.17) is 0 Å². The molecule has 1 saturated heterocycles. The predicted octanol–water partition coefficient (Wildman–Crippen LogP) is 4.56. The Morgan fingerprint density at radius 3 is 2.87 bits per heavy atom. The summed E-state index contributed by atoms with van der Waals surface area (Å²) in [5.74, 6) is 1.33. The van der Waals surface area contributed by atoms with E-state index in [1.807, 2.05) is 22.5 Å². The minimum absolute atomic E-state index is 0.344. The minimum atomic E-state index is -4.42. The third kappa shape index (κ3) is 3.72. The van der Waals surface area contributed by atoms with E-state index in [0.717, 1.165) is 54.7 Å². The highest BCUT2D eigenvalue weighted by atomic mass is 32.1. The largest absolute Gasteiger partial charge is 0.433 e. The number of hydrogen-bond donors (Lipinski definition) is 2. The first-order valence-electron chi connectivity index (χ1n) is 10.1. The highest BCUT2D eigenvalue weighted by molar-refractivity contribution is 7.13. The number of alkyl halides is 3. The number of aromatic amines is 1. The number of fused-ring (bicyclic) bond motifs is 1. The number of hydrogen-bond acceptors (Lipinski definition) is 5. The first-order valence-corrected chi connectivity index (χ1v) is 11.0. The molecule has 0 bridgehead atoms. The van der Waals surface area contributed by atoms with Crippen LogP contribution in [0.25, 0.3) is 10.6 Å². The lowest BCUT2D eigenvalue weighted by atomic mass is 9.97. The van der Waals surface area contributed by atoms with E-state index in [2.05, 4.69) is 26.6 Å². The van der Waals surface area contributed by atoms with Gasteiger partial charge < -0.3 is 10.2 Å². The molecule has 1 aliphatic carbocycles. The van der Waals surface area contributed by atoms with Crippen LogP contribution in [0.4, 0.5) is 19.0 Å². The van der Waals surface area contributed by atoms with Crippen molar-refractivity contribution >= 4 is 17.2 Å². The Hall–Kier alpha value is -2.39. The molecule has 4 heterocycles. The zero-order valence-corrected chi connectivity index (χ0v) is 17.0. The normalized spacial score (nSPS) is 23.8. The third-order valence-electron chi connectivity index (χ3n) is 6.23. The number of aromatic nitrogens is 3. The van der Waals surface area contributed by atoms with Crippen molar-refractivity contribution in [2.75, 3.05) is 18.0 Å². The van der Waals surface area contributed by atoms with Gasteiger partial charge in [-0.3, -0.25) is 5.10 Å². The number of nitrogens with zero attached hydrogens (tertiary/aromatic N) is 3. The van der Waals surface area contributed by atoms with E-state index in [9.17, 15) is 13.2 Å². The third-order valence-corrected chi connectivity index (χ3v) is 7.11.